The van der Waals surface area contributed by atoms with Crippen molar-refractivity contribution in [2.45, 2.75) is 157 Å². The molecule has 2 aliphatic carbocycles. The Kier molecular flexibility index (Phi) is 19.1. The number of esters is 1. The average Bonchev–Trinajstić information content (AvgIpc) is 3.52. The smallest absolute Gasteiger partial charge is 0.307 e. The normalized spacial score (nSPS) is 28.1. The highest BCUT2D eigenvalue weighted by Gasteiger charge is 2.56. The molecule has 4 rings (SSSR count). The summed E-state index contributed by atoms with van der Waals surface area (Å²) in [6.07, 6.45) is 21.2. The minimum absolute atomic E-state index is 0.0199. The van der Waals surface area contributed by atoms with Crippen LogP contribution in [-0.4, -0.2) is 76.0 Å². The molecule has 2 aliphatic heterocycles. The highest BCUT2D eigenvalue weighted by Crippen LogP contribution is 2.47. The van der Waals surface area contributed by atoms with Crippen molar-refractivity contribution in [2.75, 3.05) is 13.1 Å². The molecule has 2 heterocycles. The fraction of sp³-hybridized carbons (Fsp3) is 0.636. The highest BCUT2D eigenvalue weighted by atomic mass is 16.6. The second-order valence-electron chi connectivity index (χ2n) is 15.8. The third-order valence-corrected chi connectivity index (χ3v) is 10.4. The van der Waals surface area contributed by atoms with Crippen molar-refractivity contribution in [3.8, 4) is 0 Å². The maximum Gasteiger partial charge on any atom is 0.307 e. The van der Waals surface area contributed by atoms with E-state index in [2.05, 4.69) is 66.7 Å². The first-order valence-corrected chi connectivity index (χ1v) is 19.7. The van der Waals surface area contributed by atoms with Crippen LogP contribution in [0.25, 0.3) is 0 Å². The molecule has 0 saturated carbocycles. The molecule has 9 nitrogen and oxygen atoms in total. The molecule has 2 unspecified atom stereocenters. The van der Waals surface area contributed by atoms with E-state index in [4.69, 9.17) is 10.5 Å². The number of ketones is 2. The van der Waals surface area contributed by atoms with Gasteiger partial charge in [0.05, 0.1) is 35.5 Å². The maximum atomic E-state index is 12.8. The summed E-state index contributed by atoms with van der Waals surface area (Å²) in [5.41, 5.74) is 8.26. The second kappa shape index (κ2) is 22.1. The van der Waals surface area contributed by atoms with Crippen LogP contribution in [0.15, 0.2) is 70.9 Å². The Morgan fingerprint density at radius 2 is 1.30 bits per heavy atom. The summed E-state index contributed by atoms with van der Waals surface area (Å²) >= 11 is 0. The van der Waals surface area contributed by atoms with Crippen molar-refractivity contribution in [1.82, 2.24) is 4.90 Å². The number of ether oxygens (including phenoxy) is 1. The number of aliphatic hydroxyl groups is 2. The zero-order valence-electron chi connectivity index (χ0n) is 33.8. The lowest BCUT2D eigenvalue weighted by atomic mass is 9.69. The second-order valence-corrected chi connectivity index (χ2v) is 15.8. The summed E-state index contributed by atoms with van der Waals surface area (Å²) in [6.45, 7) is 18.1. The number of carbonyl (C=O) groups excluding carboxylic acids is 4. The van der Waals surface area contributed by atoms with E-state index in [1.54, 1.807) is 6.08 Å². The molecule has 296 valence electrons. The van der Waals surface area contributed by atoms with Crippen LogP contribution in [0, 0.1) is 10.8 Å². The quantitative estimate of drug-likeness (QED) is 0.130. The number of likely N-dealkylation sites (tertiary alicyclic amines) is 1. The van der Waals surface area contributed by atoms with Crippen LogP contribution in [0.2, 0.25) is 0 Å². The van der Waals surface area contributed by atoms with Gasteiger partial charge in [0, 0.05) is 13.0 Å². The van der Waals surface area contributed by atoms with Gasteiger partial charge in [0.25, 0.3) is 0 Å². The molecule has 1 amide bonds. The molecular weight excluding hydrogens is 668 g/mol. The average molecular weight is 737 g/mol. The Labute approximate surface area is 319 Å². The van der Waals surface area contributed by atoms with Gasteiger partial charge in [-0.25, -0.2) is 0 Å². The Bertz CT molecular complexity index is 1440. The Morgan fingerprint density at radius 1 is 0.792 bits per heavy atom. The first-order chi connectivity index (χ1) is 25.0. The van der Waals surface area contributed by atoms with E-state index < -0.39 is 29.1 Å². The lowest BCUT2D eigenvalue weighted by Crippen LogP contribution is -2.47. The predicted molar refractivity (Wildman–Crippen MR) is 213 cm³/mol. The van der Waals surface area contributed by atoms with E-state index in [0.717, 1.165) is 50.6 Å². The van der Waals surface area contributed by atoms with Crippen LogP contribution in [0.4, 0.5) is 0 Å². The predicted octanol–water partition coefficient (Wildman–Crippen LogP) is 7.57. The van der Waals surface area contributed by atoms with Crippen LogP contribution in [0.5, 0.6) is 0 Å². The van der Waals surface area contributed by atoms with E-state index >= 15 is 0 Å². The number of nitrogens with zero attached hydrogens (tertiary/aromatic N) is 1. The lowest BCUT2D eigenvalue weighted by Gasteiger charge is -2.37. The van der Waals surface area contributed by atoms with Gasteiger partial charge in [-0.2, -0.15) is 0 Å². The summed E-state index contributed by atoms with van der Waals surface area (Å²) in [4.78, 5) is 51.5. The fourth-order valence-electron chi connectivity index (χ4n) is 7.35. The summed E-state index contributed by atoms with van der Waals surface area (Å²) in [7, 11) is 0. The van der Waals surface area contributed by atoms with Gasteiger partial charge in [-0.1, -0.05) is 79.4 Å². The molecule has 4 N–H and O–H groups in total. The number of allylic oxidation sites excluding steroid dienone is 8. The van der Waals surface area contributed by atoms with Crippen LogP contribution < -0.4 is 5.73 Å². The molecule has 53 heavy (non-hydrogen) atoms. The van der Waals surface area contributed by atoms with Crippen molar-refractivity contribution in [2.24, 2.45) is 16.6 Å². The number of hydrogen-bond acceptors (Lipinski definition) is 8. The third-order valence-electron chi connectivity index (χ3n) is 10.4. The summed E-state index contributed by atoms with van der Waals surface area (Å²) < 4.78 is 5.37. The standard InChI is InChI=1S/C22H33NO3.C18H24O4.C4H11N/c1-5-6-12-23-19(13-17(4)9-7-8-16(2)3)22(15-21(23)26)14-18(24)10-11-20(22)25;1-12(2)5-4-6-13(3)9-16-18(11-17(21)22-16)10-14(19)7-8-15(18)20;1-2-3-4-5/h8,10-11,13,18-19,24H,5-7,9,12,14-15H2,1-4H3;5,7-9,14,16,19H,4,6,10-11H2,1-3H3;2-5H2,1H3/b17-13+;13-9+;/t18-,19-,22?;14-,16-,18?;/m11./s1. The van der Waals surface area contributed by atoms with Gasteiger partial charge < -0.3 is 25.6 Å². The highest BCUT2D eigenvalue weighted by molar-refractivity contribution is 6.02. The molecule has 9 heteroatoms. The van der Waals surface area contributed by atoms with Gasteiger partial charge in [0.2, 0.25) is 5.91 Å². The first-order valence-electron chi connectivity index (χ1n) is 19.7. The van der Waals surface area contributed by atoms with Gasteiger partial charge in [0.15, 0.2) is 11.6 Å². The summed E-state index contributed by atoms with van der Waals surface area (Å²) in [6, 6.07) is -0.250. The van der Waals surface area contributed by atoms with Gasteiger partial charge >= 0.3 is 5.97 Å². The SMILES string of the molecule is CC(C)=CCC/C(C)=C/[C@H]1OC(=O)CC12C[C@H](O)C=CC2=O.CCCCN.CCCCN1C(=O)CC2(C[C@H](O)C=CC2=O)[C@H]1/C=C(\C)CCC=C(C)C. The van der Waals surface area contributed by atoms with Crippen molar-refractivity contribution < 1.29 is 34.1 Å². The zero-order chi connectivity index (χ0) is 39.8. The molecule has 0 aromatic carbocycles. The van der Waals surface area contributed by atoms with Crippen molar-refractivity contribution in [3.63, 3.8) is 0 Å². The Balaban J connectivity index is 0.000000329. The topological polar surface area (TPSA) is 147 Å². The minimum Gasteiger partial charge on any atom is -0.457 e. The number of rotatable bonds is 13. The van der Waals surface area contributed by atoms with Crippen molar-refractivity contribution in [3.05, 3.63) is 70.9 Å². The van der Waals surface area contributed by atoms with Crippen molar-refractivity contribution >= 4 is 23.4 Å². The molecule has 0 aromatic rings. The van der Waals surface area contributed by atoms with Crippen LogP contribution in [0.1, 0.15) is 132 Å². The molecule has 2 fully saturated rings. The molecule has 4 aliphatic rings. The number of nitrogens with two attached hydrogens (primary N) is 1. The number of amides is 1. The molecule has 0 bridgehead atoms. The van der Waals surface area contributed by atoms with Gasteiger partial charge in [-0.15, -0.1) is 0 Å². The molecule has 0 radical (unpaired) electrons. The Hall–Kier alpha value is -3.40. The summed E-state index contributed by atoms with van der Waals surface area (Å²) in [5.74, 6) is -0.475. The van der Waals surface area contributed by atoms with E-state index in [1.807, 2.05) is 17.9 Å². The van der Waals surface area contributed by atoms with E-state index in [9.17, 15) is 29.4 Å². The minimum atomic E-state index is -0.928. The monoisotopic (exact) mass is 737 g/mol. The molecule has 2 saturated heterocycles. The van der Waals surface area contributed by atoms with Gasteiger partial charge in [-0.05, 0) is 118 Å². The maximum absolute atomic E-state index is 12.8. The zero-order valence-corrected chi connectivity index (χ0v) is 33.8. The molecule has 0 aromatic heterocycles. The van der Waals surface area contributed by atoms with E-state index in [0.29, 0.717) is 13.0 Å². The third kappa shape index (κ3) is 13.4. The number of hydrogen-bond donors (Lipinski definition) is 3. The van der Waals surface area contributed by atoms with Gasteiger partial charge in [-0.3, -0.25) is 19.2 Å². The lowest BCUT2D eigenvalue weighted by molar-refractivity contribution is -0.140. The van der Waals surface area contributed by atoms with E-state index in [-0.39, 0.29) is 48.7 Å². The van der Waals surface area contributed by atoms with Crippen LogP contribution in [-0.2, 0) is 23.9 Å². The van der Waals surface area contributed by atoms with Crippen molar-refractivity contribution in [1.29, 1.82) is 0 Å². The number of carbonyl (C=O) groups is 4. The Morgan fingerprint density at radius 3 is 1.79 bits per heavy atom. The number of unbranched alkanes of at least 4 members (excludes halogenated alkanes) is 2. The molecular formula is C44H68N2O7. The van der Waals surface area contributed by atoms with Gasteiger partial charge in [0.1, 0.15) is 6.10 Å². The molecule has 2 spiro atoms. The number of cyclic esters (lactones) is 1. The fourth-order valence-corrected chi connectivity index (χ4v) is 7.35. The van der Waals surface area contributed by atoms with Crippen LogP contribution >= 0.6 is 0 Å². The first kappa shape index (κ1) is 45.8. The van der Waals surface area contributed by atoms with E-state index in [1.165, 1.54) is 47.8 Å². The van der Waals surface area contributed by atoms with Crippen LogP contribution in [0.3, 0.4) is 0 Å². The largest absolute Gasteiger partial charge is 0.457 e. The number of aliphatic hydroxyl groups excluding tert-OH is 2. The summed E-state index contributed by atoms with van der Waals surface area (Å²) in [5, 5.41) is 20.0. The molecule has 6 atom stereocenters.